The lowest BCUT2D eigenvalue weighted by Crippen LogP contribution is -2.29. The largest absolute Gasteiger partial charge is 0.351 e. The molecule has 9 heteroatoms. The molecule has 1 aliphatic rings. The fourth-order valence-electron chi connectivity index (χ4n) is 3.49. The van der Waals surface area contributed by atoms with Crippen LogP contribution in [-0.4, -0.2) is 24.8 Å². The quantitative estimate of drug-likeness (QED) is 0.580. The number of nitrogens with zero attached hydrogens (tertiary/aromatic N) is 2. The molecule has 2 aromatic heterocycles. The van der Waals surface area contributed by atoms with Gasteiger partial charge in [-0.05, 0) is 72.5 Å². The number of hydrogen-bond acceptors (Lipinski definition) is 5. The van der Waals surface area contributed by atoms with Gasteiger partial charge in [-0.1, -0.05) is 6.07 Å². The summed E-state index contributed by atoms with van der Waals surface area (Å²) >= 11 is 7.39. The summed E-state index contributed by atoms with van der Waals surface area (Å²) in [4.78, 5) is 7.84. The Bertz CT molecular complexity index is 1130. The van der Waals surface area contributed by atoms with E-state index in [1.807, 2.05) is 30.3 Å². The molecule has 29 heavy (non-hydrogen) atoms. The Morgan fingerprint density at radius 2 is 1.93 bits per heavy atom. The van der Waals surface area contributed by atoms with Crippen molar-refractivity contribution in [2.24, 2.45) is 0 Å². The molecule has 1 fully saturated rings. The molecule has 0 bridgehead atoms. The van der Waals surface area contributed by atoms with Gasteiger partial charge < -0.3 is 10.2 Å². The third-order valence-corrected chi connectivity index (χ3v) is 6.73. The van der Waals surface area contributed by atoms with Crippen molar-refractivity contribution in [2.45, 2.75) is 19.0 Å². The lowest BCUT2D eigenvalue weighted by atomic mass is 10.0. The Kier molecular flexibility index (Phi) is 5.28. The van der Waals surface area contributed by atoms with Crippen LogP contribution >= 0.6 is 23.6 Å². The van der Waals surface area contributed by atoms with Crippen LogP contribution < -0.4 is 14.9 Å². The molecule has 1 saturated heterocycles. The van der Waals surface area contributed by atoms with Crippen molar-refractivity contribution in [2.75, 3.05) is 15.9 Å². The second-order valence-corrected chi connectivity index (χ2v) is 9.97. The highest BCUT2D eigenvalue weighted by atomic mass is 32.2. The van der Waals surface area contributed by atoms with E-state index < -0.39 is 10.0 Å². The first-order valence-electron chi connectivity index (χ1n) is 8.96. The predicted octanol–water partition coefficient (Wildman–Crippen LogP) is 4.00. The fraction of sp³-hybridized carbons (Fsp3) is 0.200. The van der Waals surface area contributed by atoms with Gasteiger partial charge in [0.15, 0.2) is 5.11 Å². The molecule has 0 radical (unpaired) electrons. The third kappa shape index (κ3) is 4.12. The van der Waals surface area contributed by atoms with Crippen LogP contribution in [0.15, 0.2) is 60.1 Å². The van der Waals surface area contributed by atoms with Gasteiger partial charge in [0, 0.05) is 22.4 Å². The molecule has 0 saturated carbocycles. The molecule has 3 heterocycles. The zero-order chi connectivity index (χ0) is 20.6. The molecule has 2 N–H and O–H groups in total. The van der Waals surface area contributed by atoms with Gasteiger partial charge in [-0.25, -0.2) is 8.42 Å². The van der Waals surface area contributed by atoms with E-state index in [1.165, 1.54) is 10.4 Å². The van der Waals surface area contributed by atoms with Crippen LogP contribution in [0, 0.1) is 6.92 Å². The van der Waals surface area contributed by atoms with E-state index in [1.54, 1.807) is 29.7 Å². The van der Waals surface area contributed by atoms with E-state index in [-0.39, 0.29) is 12.1 Å². The first-order chi connectivity index (χ1) is 13.8. The molecule has 6 nitrogen and oxygen atoms in total. The zero-order valence-corrected chi connectivity index (χ0v) is 18.3. The summed E-state index contributed by atoms with van der Waals surface area (Å²) in [6.07, 6.45) is 2.92. The molecule has 3 aromatic rings. The van der Waals surface area contributed by atoms with Crippen LogP contribution in [0.4, 0.5) is 11.4 Å². The molecule has 2 atom stereocenters. The maximum absolute atomic E-state index is 11.5. The van der Waals surface area contributed by atoms with Crippen molar-refractivity contribution in [3.8, 4) is 0 Å². The highest BCUT2D eigenvalue weighted by Crippen LogP contribution is 2.44. The number of benzene rings is 1. The van der Waals surface area contributed by atoms with Gasteiger partial charge in [0.25, 0.3) is 0 Å². The third-order valence-electron chi connectivity index (χ3n) is 4.72. The first-order valence-corrected chi connectivity index (χ1v) is 12.1. The molecule has 0 aliphatic carbocycles. The number of anilines is 2. The highest BCUT2D eigenvalue weighted by molar-refractivity contribution is 7.92. The summed E-state index contributed by atoms with van der Waals surface area (Å²) in [5.41, 5.74) is 3.52. The average molecular weight is 445 g/mol. The van der Waals surface area contributed by atoms with E-state index in [0.29, 0.717) is 10.8 Å². The fourth-order valence-corrected chi connectivity index (χ4v) is 5.45. The van der Waals surface area contributed by atoms with Crippen LogP contribution in [0.25, 0.3) is 0 Å². The predicted molar refractivity (Wildman–Crippen MR) is 122 cm³/mol. The first kappa shape index (κ1) is 19.8. The number of hydrogen-bond donors (Lipinski definition) is 2. The Labute approximate surface area is 179 Å². The Morgan fingerprint density at radius 3 is 2.52 bits per heavy atom. The van der Waals surface area contributed by atoms with Crippen LogP contribution in [0.3, 0.4) is 0 Å². The topological polar surface area (TPSA) is 74.3 Å². The van der Waals surface area contributed by atoms with Gasteiger partial charge in [0.05, 0.1) is 24.0 Å². The smallest absolute Gasteiger partial charge is 0.229 e. The van der Waals surface area contributed by atoms with Gasteiger partial charge in [0.2, 0.25) is 10.0 Å². The molecule has 150 valence electrons. The monoisotopic (exact) mass is 444 g/mol. The van der Waals surface area contributed by atoms with Crippen LogP contribution in [0.5, 0.6) is 0 Å². The van der Waals surface area contributed by atoms with E-state index >= 15 is 0 Å². The van der Waals surface area contributed by atoms with Gasteiger partial charge in [-0.2, -0.15) is 0 Å². The van der Waals surface area contributed by atoms with Crippen LogP contribution in [0.1, 0.15) is 28.2 Å². The van der Waals surface area contributed by atoms with Crippen LogP contribution in [0.2, 0.25) is 0 Å². The minimum Gasteiger partial charge on any atom is -0.351 e. The molecular formula is C20H20N4O2S3. The molecular weight excluding hydrogens is 424 g/mol. The van der Waals surface area contributed by atoms with E-state index in [9.17, 15) is 8.42 Å². The summed E-state index contributed by atoms with van der Waals surface area (Å²) in [5.74, 6) is 0. The van der Waals surface area contributed by atoms with Gasteiger partial charge in [-0.3, -0.25) is 9.71 Å². The van der Waals surface area contributed by atoms with Crippen molar-refractivity contribution in [3.63, 3.8) is 0 Å². The normalized spacial score (nSPS) is 19.2. The van der Waals surface area contributed by atoms with Gasteiger partial charge in [0.1, 0.15) is 0 Å². The Balaban J connectivity index is 1.75. The molecule has 4 rings (SSSR count). The second-order valence-electron chi connectivity index (χ2n) is 6.89. The van der Waals surface area contributed by atoms with Crippen molar-refractivity contribution in [1.82, 2.24) is 10.3 Å². The molecule has 0 spiro atoms. The van der Waals surface area contributed by atoms with Crippen LogP contribution in [-0.2, 0) is 10.0 Å². The number of thiophene rings is 1. The summed E-state index contributed by atoms with van der Waals surface area (Å²) in [7, 11) is -3.32. The average Bonchev–Trinajstić information content (AvgIpc) is 3.24. The van der Waals surface area contributed by atoms with E-state index in [0.717, 1.165) is 17.6 Å². The Morgan fingerprint density at radius 1 is 1.17 bits per heavy atom. The van der Waals surface area contributed by atoms with Crippen molar-refractivity contribution in [1.29, 1.82) is 0 Å². The molecule has 0 amide bonds. The standard InChI is InChI=1S/C20H20N4O2S3/c1-13-10-12-28-19(13)18-17(16-5-3-4-11-21-16)22-20(27)24(18)15-8-6-14(7-9-15)23-29(2,25)26/h3-12,17-18,23H,1-2H3,(H,22,27)/t17-,18+/m1/s1. The van der Waals surface area contributed by atoms with Crippen molar-refractivity contribution < 1.29 is 8.42 Å². The number of rotatable bonds is 5. The highest BCUT2D eigenvalue weighted by Gasteiger charge is 2.41. The lowest BCUT2D eigenvalue weighted by molar-refractivity contribution is 0.573. The molecule has 1 aliphatic heterocycles. The van der Waals surface area contributed by atoms with E-state index in [4.69, 9.17) is 12.2 Å². The van der Waals surface area contributed by atoms with Gasteiger partial charge >= 0.3 is 0 Å². The maximum atomic E-state index is 11.5. The number of sulfonamides is 1. The van der Waals surface area contributed by atoms with E-state index in [2.05, 4.69) is 38.3 Å². The second kappa shape index (κ2) is 7.74. The zero-order valence-electron chi connectivity index (χ0n) is 15.9. The maximum Gasteiger partial charge on any atom is 0.229 e. The number of thiocarbonyl (C=S) groups is 1. The molecule has 1 aromatic carbocycles. The number of aryl methyl sites for hydroxylation is 1. The van der Waals surface area contributed by atoms with Crippen molar-refractivity contribution in [3.05, 3.63) is 76.2 Å². The number of pyridine rings is 1. The lowest BCUT2D eigenvalue weighted by Gasteiger charge is -2.27. The Hall–Kier alpha value is -2.49. The van der Waals surface area contributed by atoms with Gasteiger partial charge in [-0.15, -0.1) is 11.3 Å². The summed E-state index contributed by atoms with van der Waals surface area (Å²) in [6.45, 7) is 2.10. The minimum absolute atomic E-state index is 0.0499. The summed E-state index contributed by atoms with van der Waals surface area (Å²) in [6, 6.07) is 15.1. The minimum atomic E-state index is -3.32. The molecule has 0 unspecified atom stereocenters. The number of nitrogens with one attached hydrogen (secondary N) is 2. The van der Waals surface area contributed by atoms with Crippen molar-refractivity contribution >= 4 is 50.1 Å². The summed E-state index contributed by atoms with van der Waals surface area (Å²) < 4.78 is 25.5. The number of aromatic nitrogens is 1. The SMILES string of the molecule is Cc1ccsc1[C@@H]1[C@@H](c2ccccn2)NC(=S)N1c1ccc(NS(C)(=O)=O)cc1. The summed E-state index contributed by atoms with van der Waals surface area (Å²) in [5, 5.41) is 6.12.